The molecular formula is C11H14F2N2O2. The third kappa shape index (κ3) is 3.67. The molecule has 0 saturated carbocycles. The molecule has 0 aliphatic rings. The van der Waals surface area contributed by atoms with Gasteiger partial charge in [0.15, 0.2) is 11.6 Å². The highest BCUT2D eigenvalue weighted by Gasteiger charge is 2.25. The lowest BCUT2D eigenvalue weighted by atomic mass is 9.99. The van der Waals surface area contributed by atoms with Crippen molar-refractivity contribution in [3.05, 3.63) is 29.8 Å². The molecule has 1 rings (SSSR count). The zero-order valence-electron chi connectivity index (χ0n) is 9.37. The molecule has 0 aliphatic carbocycles. The summed E-state index contributed by atoms with van der Waals surface area (Å²) in [7, 11) is 0. The molecule has 17 heavy (non-hydrogen) atoms. The lowest BCUT2D eigenvalue weighted by Gasteiger charge is -2.20. The van der Waals surface area contributed by atoms with Gasteiger partial charge in [0.25, 0.3) is 0 Å². The summed E-state index contributed by atoms with van der Waals surface area (Å²) in [6.45, 7) is 1.41. The monoisotopic (exact) mass is 244 g/mol. The van der Waals surface area contributed by atoms with Gasteiger partial charge in [0.05, 0.1) is 12.1 Å². The standard InChI is InChI=1S/C11H14F2N2O2/c1-11(15,10(14)16)4-5-17-9-6-7(12)2-3-8(9)13/h2-3,6H,4-5,15H2,1H3,(H2,14,16). The van der Waals surface area contributed by atoms with Crippen molar-refractivity contribution in [3.63, 3.8) is 0 Å². The largest absolute Gasteiger partial charge is 0.490 e. The molecule has 0 radical (unpaired) electrons. The summed E-state index contributed by atoms with van der Waals surface area (Å²) in [6, 6.07) is 2.87. The molecule has 1 atom stereocenters. The summed E-state index contributed by atoms with van der Waals surface area (Å²) in [4.78, 5) is 10.9. The van der Waals surface area contributed by atoms with Crippen LogP contribution in [-0.4, -0.2) is 18.1 Å². The smallest absolute Gasteiger partial charge is 0.237 e. The van der Waals surface area contributed by atoms with Gasteiger partial charge in [-0.3, -0.25) is 4.79 Å². The van der Waals surface area contributed by atoms with Crippen LogP contribution in [0.4, 0.5) is 8.78 Å². The van der Waals surface area contributed by atoms with E-state index < -0.39 is 23.1 Å². The van der Waals surface area contributed by atoms with Gasteiger partial charge in [-0.1, -0.05) is 0 Å². The lowest BCUT2D eigenvalue weighted by molar-refractivity contribution is -0.123. The molecule has 0 heterocycles. The Morgan fingerprint density at radius 1 is 1.47 bits per heavy atom. The molecule has 1 unspecified atom stereocenters. The molecule has 1 amide bonds. The fourth-order valence-electron chi connectivity index (χ4n) is 1.08. The summed E-state index contributed by atoms with van der Waals surface area (Å²) in [5, 5.41) is 0. The van der Waals surface area contributed by atoms with Crippen molar-refractivity contribution in [1.82, 2.24) is 0 Å². The van der Waals surface area contributed by atoms with Crippen LogP contribution in [0.1, 0.15) is 13.3 Å². The molecule has 4 nitrogen and oxygen atoms in total. The lowest BCUT2D eigenvalue weighted by Crippen LogP contribution is -2.50. The predicted octanol–water partition coefficient (Wildman–Crippen LogP) is 0.936. The van der Waals surface area contributed by atoms with E-state index in [9.17, 15) is 13.6 Å². The van der Waals surface area contributed by atoms with E-state index in [-0.39, 0.29) is 18.8 Å². The van der Waals surface area contributed by atoms with E-state index in [1.54, 1.807) is 0 Å². The summed E-state index contributed by atoms with van der Waals surface area (Å²) in [6.07, 6.45) is 0.109. The number of ether oxygens (including phenoxy) is 1. The molecule has 0 saturated heterocycles. The molecule has 0 bridgehead atoms. The van der Waals surface area contributed by atoms with Crippen molar-refractivity contribution < 1.29 is 18.3 Å². The normalized spacial score (nSPS) is 14.1. The zero-order chi connectivity index (χ0) is 13.1. The van der Waals surface area contributed by atoms with Gasteiger partial charge < -0.3 is 16.2 Å². The van der Waals surface area contributed by atoms with Crippen LogP contribution in [0.15, 0.2) is 18.2 Å². The summed E-state index contributed by atoms with van der Waals surface area (Å²) >= 11 is 0. The van der Waals surface area contributed by atoms with E-state index in [2.05, 4.69) is 0 Å². The second-order valence-electron chi connectivity index (χ2n) is 3.95. The third-order valence-electron chi connectivity index (χ3n) is 2.34. The SMILES string of the molecule is CC(N)(CCOc1cc(F)ccc1F)C(N)=O. The summed E-state index contributed by atoms with van der Waals surface area (Å²) < 4.78 is 30.9. The van der Waals surface area contributed by atoms with Gasteiger partial charge in [-0.2, -0.15) is 0 Å². The van der Waals surface area contributed by atoms with Gasteiger partial charge in [-0.05, 0) is 19.1 Å². The Hall–Kier alpha value is -1.69. The highest BCUT2D eigenvalue weighted by Crippen LogP contribution is 2.18. The van der Waals surface area contributed by atoms with E-state index in [0.29, 0.717) is 0 Å². The summed E-state index contributed by atoms with van der Waals surface area (Å²) in [5.74, 6) is -2.18. The fraction of sp³-hybridized carbons (Fsp3) is 0.364. The molecular weight excluding hydrogens is 230 g/mol. The molecule has 6 heteroatoms. The maximum absolute atomic E-state index is 13.1. The van der Waals surface area contributed by atoms with Crippen LogP contribution in [-0.2, 0) is 4.79 Å². The molecule has 0 spiro atoms. The first kappa shape index (κ1) is 13.4. The van der Waals surface area contributed by atoms with Crippen molar-refractivity contribution >= 4 is 5.91 Å². The molecule has 1 aromatic carbocycles. The minimum atomic E-state index is -1.23. The summed E-state index contributed by atoms with van der Waals surface area (Å²) in [5.41, 5.74) is 9.39. The Morgan fingerprint density at radius 3 is 2.71 bits per heavy atom. The second kappa shape index (κ2) is 5.09. The van der Waals surface area contributed by atoms with Gasteiger partial charge in [0.2, 0.25) is 5.91 Å². The molecule has 1 aromatic rings. The molecule has 4 N–H and O–H groups in total. The Labute approximate surface area is 97.5 Å². The zero-order valence-corrected chi connectivity index (χ0v) is 9.37. The van der Waals surface area contributed by atoms with Gasteiger partial charge >= 0.3 is 0 Å². The average molecular weight is 244 g/mol. The minimum absolute atomic E-state index is 0.0314. The van der Waals surface area contributed by atoms with Gasteiger partial charge in [-0.15, -0.1) is 0 Å². The molecule has 94 valence electrons. The predicted molar refractivity (Wildman–Crippen MR) is 58.3 cm³/mol. The van der Waals surface area contributed by atoms with Gasteiger partial charge in [-0.25, -0.2) is 8.78 Å². The van der Waals surface area contributed by atoms with E-state index in [1.165, 1.54) is 6.92 Å². The first-order chi connectivity index (χ1) is 7.83. The maximum Gasteiger partial charge on any atom is 0.237 e. The van der Waals surface area contributed by atoms with Crippen LogP contribution in [0.2, 0.25) is 0 Å². The van der Waals surface area contributed by atoms with E-state index in [0.717, 1.165) is 18.2 Å². The number of carbonyl (C=O) groups is 1. The number of amides is 1. The van der Waals surface area contributed by atoms with Crippen LogP contribution >= 0.6 is 0 Å². The number of benzene rings is 1. The average Bonchev–Trinajstić information content (AvgIpc) is 2.22. The van der Waals surface area contributed by atoms with Crippen molar-refractivity contribution in [1.29, 1.82) is 0 Å². The number of nitrogens with two attached hydrogens (primary N) is 2. The number of halogens is 2. The van der Waals surface area contributed by atoms with Crippen LogP contribution in [0.5, 0.6) is 5.75 Å². The third-order valence-corrected chi connectivity index (χ3v) is 2.34. The van der Waals surface area contributed by atoms with Crippen molar-refractivity contribution in [2.75, 3.05) is 6.61 Å². The minimum Gasteiger partial charge on any atom is -0.490 e. The Kier molecular flexibility index (Phi) is 4.01. The first-order valence-electron chi connectivity index (χ1n) is 4.99. The Bertz CT molecular complexity index is 422. The number of hydrogen-bond donors (Lipinski definition) is 2. The topological polar surface area (TPSA) is 78.3 Å². The maximum atomic E-state index is 13.1. The Morgan fingerprint density at radius 2 is 2.12 bits per heavy atom. The van der Waals surface area contributed by atoms with Gasteiger partial charge in [0, 0.05) is 12.5 Å². The highest BCUT2D eigenvalue weighted by molar-refractivity contribution is 5.83. The molecule has 0 aliphatic heterocycles. The van der Waals surface area contributed by atoms with Crippen molar-refractivity contribution in [2.45, 2.75) is 18.9 Å². The number of carbonyl (C=O) groups excluding carboxylic acids is 1. The number of rotatable bonds is 5. The molecule has 0 fully saturated rings. The van der Waals surface area contributed by atoms with E-state index in [4.69, 9.17) is 16.2 Å². The fourth-order valence-corrected chi connectivity index (χ4v) is 1.08. The molecule has 0 aromatic heterocycles. The van der Waals surface area contributed by atoms with Crippen molar-refractivity contribution in [3.8, 4) is 5.75 Å². The van der Waals surface area contributed by atoms with E-state index in [1.807, 2.05) is 0 Å². The van der Waals surface area contributed by atoms with Crippen LogP contribution < -0.4 is 16.2 Å². The number of primary amides is 1. The van der Waals surface area contributed by atoms with E-state index >= 15 is 0 Å². The highest BCUT2D eigenvalue weighted by atomic mass is 19.1. The quantitative estimate of drug-likeness (QED) is 0.809. The first-order valence-corrected chi connectivity index (χ1v) is 4.99. The second-order valence-corrected chi connectivity index (χ2v) is 3.95. The van der Waals surface area contributed by atoms with Crippen LogP contribution in [0, 0.1) is 11.6 Å². The number of hydrogen-bond acceptors (Lipinski definition) is 3. The van der Waals surface area contributed by atoms with Gasteiger partial charge in [0.1, 0.15) is 5.82 Å². The van der Waals surface area contributed by atoms with Crippen LogP contribution in [0.25, 0.3) is 0 Å². The van der Waals surface area contributed by atoms with Crippen molar-refractivity contribution in [2.24, 2.45) is 11.5 Å². The van der Waals surface area contributed by atoms with Crippen LogP contribution in [0.3, 0.4) is 0 Å². The Balaban J connectivity index is 2.57.